The van der Waals surface area contributed by atoms with Crippen molar-refractivity contribution in [2.24, 2.45) is 0 Å². The Morgan fingerprint density at radius 1 is 0.960 bits per heavy atom. The average molecular weight is 349 g/mol. The first-order valence-corrected chi connectivity index (χ1v) is 10.3. The maximum absolute atomic E-state index is 5.57. The van der Waals surface area contributed by atoms with E-state index in [2.05, 4.69) is 32.0 Å². The molecule has 3 rings (SSSR count). The van der Waals surface area contributed by atoms with Crippen LogP contribution in [0.1, 0.15) is 71.6 Å². The molecule has 1 unspecified atom stereocenters. The Hall–Kier alpha value is -1.06. The molecule has 3 heteroatoms. The minimum absolute atomic E-state index is 0.385. The maximum atomic E-state index is 5.57. The van der Waals surface area contributed by atoms with E-state index in [1.165, 1.54) is 68.2 Å². The van der Waals surface area contributed by atoms with E-state index in [-0.39, 0.29) is 0 Å². The topological polar surface area (TPSA) is 27.7 Å². The number of hydrogen-bond donors (Lipinski definition) is 0. The number of hydrogen-bond acceptors (Lipinski definition) is 3. The van der Waals surface area contributed by atoms with E-state index in [9.17, 15) is 0 Å². The molecule has 0 aromatic carbocycles. The molecule has 2 aliphatic carbocycles. The highest BCUT2D eigenvalue weighted by molar-refractivity contribution is 5.38. The Morgan fingerprint density at radius 3 is 2.36 bits per heavy atom. The van der Waals surface area contributed by atoms with Crippen molar-refractivity contribution in [1.29, 1.82) is 0 Å². The van der Waals surface area contributed by atoms with Crippen LogP contribution >= 0.6 is 0 Å². The van der Waals surface area contributed by atoms with Crippen molar-refractivity contribution in [2.45, 2.75) is 77.7 Å². The van der Waals surface area contributed by atoms with Crippen LogP contribution in [0.2, 0.25) is 0 Å². The summed E-state index contributed by atoms with van der Waals surface area (Å²) in [4.78, 5) is 0. The lowest BCUT2D eigenvalue weighted by molar-refractivity contribution is -0.0912. The molecular weight excluding hydrogens is 312 g/mol. The Balaban J connectivity index is 0.000000181. The van der Waals surface area contributed by atoms with Gasteiger partial charge in [-0.05, 0) is 24.1 Å². The molecule has 1 heterocycles. The summed E-state index contributed by atoms with van der Waals surface area (Å²) in [6.07, 6.45) is 12.0. The molecule has 1 fully saturated rings. The van der Waals surface area contributed by atoms with Crippen molar-refractivity contribution < 1.29 is 14.2 Å². The fraction of sp³-hybridized carbons (Fsp3) is 0.727. The molecule has 0 saturated carbocycles. The molecule has 0 spiro atoms. The first kappa shape index (κ1) is 20.3. The van der Waals surface area contributed by atoms with Crippen molar-refractivity contribution in [3.8, 4) is 5.75 Å². The van der Waals surface area contributed by atoms with Gasteiger partial charge in [-0.2, -0.15) is 0 Å². The molecule has 3 aliphatic rings. The summed E-state index contributed by atoms with van der Waals surface area (Å²) in [6, 6.07) is 6.35. The van der Waals surface area contributed by atoms with Gasteiger partial charge in [-0.3, -0.25) is 0 Å². The standard InChI is InChI=1S/C11H22O2.C11H14O/c1-2-3-4-5-6-7-11-10-12-8-9-13-11;1-2-3-4-7-12-11-8-9-5-6-10(9)11/h11H,2-10H2,1H3;5-6,8H,2-4,7H2,1H3. The van der Waals surface area contributed by atoms with Crippen LogP contribution < -0.4 is 4.74 Å². The van der Waals surface area contributed by atoms with Crippen LogP contribution in [0.4, 0.5) is 0 Å². The molecule has 0 aromatic heterocycles. The zero-order valence-electron chi connectivity index (χ0n) is 16.2. The Kier molecular flexibility index (Phi) is 9.98. The van der Waals surface area contributed by atoms with Crippen molar-refractivity contribution in [3.05, 3.63) is 28.6 Å². The highest BCUT2D eigenvalue weighted by Gasteiger charge is 2.12. The summed E-state index contributed by atoms with van der Waals surface area (Å²) in [7, 11) is 0. The highest BCUT2D eigenvalue weighted by atomic mass is 16.6. The molecule has 0 N–H and O–H groups in total. The Bertz CT molecular complexity index is 549. The van der Waals surface area contributed by atoms with Crippen LogP contribution in [-0.2, 0) is 9.47 Å². The van der Waals surface area contributed by atoms with E-state index in [1.807, 2.05) is 0 Å². The van der Waals surface area contributed by atoms with Gasteiger partial charge in [0, 0.05) is 5.22 Å². The molecule has 1 aliphatic heterocycles. The highest BCUT2D eigenvalue weighted by Crippen LogP contribution is 2.23. The van der Waals surface area contributed by atoms with Gasteiger partial charge in [-0.25, -0.2) is 0 Å². The summed E-state index contributed by atoms with van der Waals surface area (Å²) in [5, 5.41) is 2.69. The summed E-state index contributed by atoms with van der Waals surface area (Å²) < 4.78 is 16.5. The van der Waals surface area contributed by atoms with E-state index >= 15 is 0 Å². The molecule has 0 amide bonds. The van der Waals surface area contributed by atoms with Crippen LogP contribution in [0.5, 0.6) is 5.75 Å². The van der Waals surface area contributed by atoms with Gasteiger partial charge in [0.1, 0.15) is 5.75 Å². The number of rotatable bonds is 11. The van der Waals surface area contributed by atoms with Crippen LogP contribution in [0, 0.1) is 10.4 Å². The number of ether oxygens (including phenoxy) is 3. The van der Waals surface area contributed by atoms with E-state index in [0.29, 0.717) is 6.10 Å². The van der Waals surface area contributed by atoms with Gasteiger partial charge in [-0.1, -0.05) is 70.9 Å². The molecule has 142 valence electrons. The zero-order chi connectivity index (χ0) is 17.7. The zero-order valence-corrected chi connectivity index (χ0v) is 16.2. The van der Waals surface area contributed by atoms with Crippen LogP contribution in [0.3, 0.4) is 0 Å². The van der Waals surface area contributed by atoms with Crippen molar-refractivity contribution in [3.63, 3.8) is 0 Å². The third-order valence-corrected chi connectivity index (χ3v) is 4.81. The molecule has 25 heavy (non-hydrogen) atoms. The lowest BCUT2D eigenvalue weighted by Gasteiger charge is -2.22. The second kappa shape index (κ2) is 12.3. The van der Waals surface area contributed by atoms with E-state index < -0.39 is 0 Å². The molecular formula is C22H36O3. The van der Waals surface area contributed by atoms with E-state index in [0.717, 1.165) is 32.2 Å². The lowest BCUT2D eigenvalue weighted by atomic mass is 10.1. The summed E-state index contributed by atoms with van der Waals surface area (Å²) >= 11 is 0. The smallest absolute Gasteiger partial charge is 0.127 e. The molecule has 3 nitrogen and oxygen atoms in total. The second-order valence-electron chi connectivity index (χ2n) is 7.04. The largest absolute Gasteiger partial charge is 0.493 e. The second-order valence-corrected chi connectivity index (χ2v) is 7.04. The van der Waals surface area contributed by atoms with Crippen molar-refractivity contribution >= 4 is 0 Å². The first-order chi connectivity index (χ1) is 12.3. The number of unbranched alkanes of at least 4 members (excludes halogenated alkanes) is 6. The summed E-state index contributed by atoms with van der Waals surface area (Å²) in [6.45, 7) is 7.72. The first-order valence-electron chi connectivity index (χ1n) is 10.3. The van der Waals surface area contributed by atoms with Gasteiger partial charge in [0.25, 0.3) is 0 Å². The van der Waals surface area contributed by atoms with Gasteiger partial charge >= 0.3 is 0 Å². The molecule has 1 saturated heterocycles. The van der Waals surface area contributed by atoms with Gasteiger partial charge < -0.3 is 14.2 Å². The van der Waals surface area contributed by atoms with Gasteiger partial charge in [0.2, 0.25) is 0 Å². The number of benzene rings is 1. The van der Waals surface area contributed by atoms with E-state index in [1.54, 1.807) is 0 Å². The summed E-state index contributed by atoms with van der Waals surface area (Å²) in [5.41, 5.74) is 0. The van der Waals surface area contributed by atoms with Gasteiger partial charge in [0.05, 0.1) is 32.5 Å². The molecule has 1 atom stereocenters. The fourth-order valence-corrected chi connectivity index (χ4v) is 3.09. The SMILES string of the molecule is CCCCCCCC1COCCO1.CCCCCOc1cc2ccc1=2. The van der Waals surface area contributed by atoms with Crippen LogP contribution in [0.15, 0.2) is 18.2 Å². The lowest BCUT2D eigenvalue weighted by Crippen LogP contribution is -2.28. The van der Waals surface area contributed by atoms with Crippen molar-refractivity contribution in [2.75, 3.05) is 26.4 Å². The normalized spacial score (nSPS) is 17.6. The minimum Gasteiger partial charge on any atom is -0.493 e. The van der Waals surface area contributed by atoms with Crippen LogP contribution in [-0.4, -0.2) is 32.5 Å². The third kappa shape index (κ3) is 7.37. The van der Waals surface area contributed by atoms with Crippen molar-refractivity contribution in [1.82, 2.24) is 0 Å². The molecule has 0 radical (unpaired) electrons. The Labute approximate surface area is 153 Å². The van der Waals surface area contributed by atoms with E-state index in [4.69, 9.17) is 14.2 Å². The third-order valence-electron chi connectivity index (χ3n) is 4.81. The monoisotopic (exact) mass is 348 g/mol. The molecule has 0 aromatic rings. The molecule has 0 bridgehead atoms. The van der Waals surface area contributed by atoms with Crippen LogP contribution in [0.25, 0.3) is 0 Å². The fourth-order valence-electron chi connectivity index (χ4n) is 3.09. The van der Waals surface area contributed by atoms with Gasteiger partial charge in [0.15, 0.2) is 0 Å². The summed E-state index contributed by atoms with van der Waals surface area (Å²) in [5.74, 6) is 1.10. The quantitative estimate of drug-likeness (QED) is 0.493. The maximum Gasteiger partial charge on any atom is 0.127 e. The minimum atomic E-state index is 0.385. The van der Waals surface area contributed by atoms with Gasteiger partial charge in [-0.15, -0.1) is 0 Å². The Morgan fingerprint density at radius 2 is 1.76 bits per heavy atom. The average Bonchev–Trinajstić information content (AvgIpc) is 2.63. The predicted octanol–water partition coefficient (Wildman–Crippen LogP) is 5.62. The predicted molar refractivity (Wildman–Crippen MR) is 103 cm³/mol.